The summed E-state index contributed by atoms with van der Waals surface area (Å²) in [7, 11) is 0. The van der Waals surface area contributed by atoms with E-state index in [-0.39, 0.29) is 17.7 Å². The van der Waals surface area contributed by atoms with Gasteiger partial charge in [-0.3, -0.25) is 9.63 Å². The minimum atomic E-state index is -1.39. The number of nitriles is 1. The van der Waals surface area contributed by atoms with Crippen LogP contribution in [0.15, 0.2) is 66.7 Å². The minimum Gasteiger partial charge on any atom is -0.459 e. The molecule has 2 saturated heterocycles. The number of carbonyl (C=O) groups excluding carboxylic acids is 2. The predicted octanol–water partition coefficient (Wildman–Crippen LogP) is 4.03. The van der Waals surface area contributed by atoms with Crippen LogP contribution in [0.25, 0.3) is 0 Å². The molecule has 2 aromatic carbocycles. The number of hydrogen-bond acceptors (Lipinski definition) is 7. The summed E-state index contributed by atoms with van der Waals surface area (Å²) in [4.78, 5) is 33.6. The Labute approximate surface area is 209 Å². The molecule has 0 aromatic heterocycles. The molecule has 0 radical (unpaired) electrons. The number of ketones is 1. The molecule has 2 aromatic rings. The molecule has 2 aliphatic carbocycles. The zero-order valence-corrected chi connectivity index (χ0v) is 20.3. The van der Waals surface area contributed by atoms with E-state index < -0.39 is 34.6 Å². The summed E-state index contributed by atoms with van der Waals surface area (Å²) < 4.78 is 6.03. The molecule has 1 N–H and O–H groups in total. The molecule has 4 aliphatic rings. The van der Waals surface area contributed by atoms with Crippen molar-refractivity contribution in [2.45, 2.75) is 56.5 Å². The summed E-state index contributed by atoms with van der Waals surface area (Å²) in [5.74, 6) is -1.31. The highest BCUT2D eigenvalue weighted by Crippen LogP contribution is 2.61. The maximum atomic E-state index is 13.7. The van der Waals surface area contributed by atoms with Crippen molar-refractivity contribution in [2.75, 3.05) is 5.06 Å². The van der Waals surface area contributed by atoms with Gasteiger partial charge in [-0.25, -0.2) is 9.86 Å². The van der Waals surface area contributed by atoms with E-state index in [9.17, 15) is 20.0 Å². The number of fused-ring (bicyclic) bond motifs is 4. The fourth-order valence-electron chi connectivity index (χ4n) is 6.86. The third-order valence-corrected chi connectivity index (χ3v) is 9.08. The van der Waals surface area contributed by atoms with Crippen LogP contribution in [0.5, 0.6) is 0 Å². The van der Waals surface area contributed by atoms with E-state index in [0.29, 0.717) is 24.8 Å². The van der Waals surface area contributed by atoms with Crippen LogP contribution in [0.2, 0.25) is 0 Å². The zero-order chi connectivity index (χ0) is 25.3. The molecule has 0 bridgehead atoms. The van der Waals surface area contributed by atoms with E-state index in [2.05, 4.69) is 6.07 Å². The third-order valence-electron chi connectivity index (χ3n) is 9.08. The number of benzene rings is 2. The Bertz CT molecular complexity index is 1300. The molecule has 0 amide bonds. The van der Waals surface area contributed by atoms with E-state index in [1.54, 1.807) is 30.2 Å². The Morgan fingerprint density at radius 1 is 1.08 bits per heavy atom. The number of aliphatic hydroxyl groups is 1. The van der Waals surface area contributed by atoms with Crippen LogP contribution >= 0.6 is 0 Å². The topological polar surface area (TPSA) is 99.9 Å². The summed E-state index contributed by atoms with van der Waals surface area (Å²) in [6.07, 6.45) is 3.76. The van der Waals surface area contributed by atoms with Crippen LogP contribution < -0.4 is 5.06 Å². The summed E-state index contributed by atoms with van der Waals surface area (Å²) in [5.41, 5.74) is -1.70. The van der Waals surface area contributed by atoms with E-state index in [1.807, 2.05) is 49.4 Å². The molecule has 7 heteroatoms. The van der Waals surface area contributed by atoms with Crippen molar-refractivity contribution in [1.82, 2.24) is 0 Å². The fraction of sp³-hybridized carbons (Fsp3) is 0.414. The SMILES string of the molecule is C[C@H]1CC[C@@H]2[C@@H](OC(=O)C23C[C@@H](c2ccc(C#N)cc2)N(c2ccccc2)O3)[C@]2(C)C(=O)C=C[C@@]12O. The molecule has 1 unspecified atom stereocenters. The van der Waals surface area contributed by atoms with Gasteiger partial charge in [0.25, 0.3) is 0 Å². The Morgan fingerprint density at radius 3 is 2.50 bits per heavy atom. The maximum Gasteiger partial charge on any atom is 0.342 e. The second-order valence-corrected chi connectivity index (χ2v) is 10.7. The number of para-hydroxylation sites is 1. The second-order valence-electron chi connectivity index (χ2n) is 10.7. The molecular weight excluding hydrogens is 456 g/mol. The molecule has 1 saturated carbocycles. The van der Waals surface area contributed by atoms with Crippen LogP contribution in [0.4, 0.5) is 5.69 Å². The van der Waals surface area contributed by atoms with Gasteiger partial charge in [-0.2, -0.15) is 5.26 Å². The quantitative estimate of drug-likeness (QED) is 0.643. The lowest BCUT2D eigenvalue weighted by Crippen LogP contribution is -2.57. The van der Waals surface area contributed by atoms with Crippen LogP contribution in [0, 0.1) is 28.6 Å². The first-order valence-electron chi connectivity index (χ1n) is 12.5. The molecule has 7 atom stereocenters. The standard InChI is InChI=1S/C29H28N2O5/c1-18-8-13-22-25(27(2)24(32)14-15-29(18,27)34)35-26(33)28(22)16-23(20-11-9-19(17-30)10-12-20)31(36-28)21-6-4-3-5-7-21/h3-7,9-12,14-15,18,22-23,25,34H,8,13,16H2,1-2H3/t18-,22+,23-,25+,27-,28?,29+/m0/s1. The molecule has 3 fully saturated rings. The number of hydrogen-bond donors (Lipinski definition) is 1. The highest BCUT2D eigenvalue weighted by Gasteiger charge is 2.74. The lowest BCUT2D eigenvalue weighted by atomic mass is 9.63. The summed E-state index contributed by atoms with van der Waals surface area (Å²) in [6, 6.07) is 18.7. The van der Waals surface area contributed by atoms with Crippen molar-refractivity contribution in [3.05, 3.63) is 77.9 Å². The normalized spacial score (nSPS) is 39.0. The molecule has 2 aliphatic heterocycles. The smallest absolute Gasteiger partial charge is 0.342 e. The molecule has 184 valence electrons. The monoisotopic (exact) mass is 484 g/mol. The van der Waals surface area contributed by atoms with Crippen molar-refractivity contribution >= 4 is 17.4 Å². The maximum absolute atomic E-state index is 13.7. The number of allylic oxidation sites excluding steroid dienone is 1. The number of nitrogens with zero attached hydrogens (tertiary/aromatic N) is 2. The molecule has 7 nitrogen and oxygen atoms in total. The van der Waals surface area contributed by atoms with E-state index in [4.69, 9.17) is 9.57 Å². The zero-order valence-electron chi connectivity index (χ0n) is 20.3. The molecule has 6 rings (SSSR count). The van der Waals surface area contributed by atoms with Crippen molar-refractivity contribution in [2.24, 2.45) is 17.3 Å². The van der Waals surface area contributed by atoms with E-state index >= 15 is 0 Å². The van der Waals surface area contributed by atoms with Crippen LogP contribution in [-0.2, 0) is 19.2 Å². The highest BCUT2D eigenvalue weighted by molar-refractivity contribution is 6.00. The van der Waals surface area contributed by atoms with E-state index in [1.165, 1.54) is 6.08 Å². The molecule has 1 spiro atoms. The van der Waals surface area contributed by atoms with Crippen LogP contribution in [0.3, 0.4) is 0 Å². The minimum absolute atomic E-state index is 0.187. The van der Waals surface area contributed by atoms with Gasteiger partial charge in [0.05, 0.1) is 28.8 Å². The molecule has 2 heterocycles. The van der Waals surface area contributed by atoms with Crippen molar-refractivity contribution < 1.29 is 24.3 Å². The number of ether oxygens (including phenoxy) is 1. The first-order chi connectivity index (χ1) is 17.2. The first-order valence-corrected chi connectivity index (χ1v) is 12.5. The van der Waals surface area contributed by atoms with Crippen molar-refractivity contribution in [1.29, 1.82) is 5.26 Å². The summed E-state index contributed by atoms with van der Waals surface area (Å²) >= 11 is 0. The summed E-state index contributed by atoms with van der Waals surface area (Å²) in [5, 5.41) is 22.7. The van der Waals surface area contributed by atoms with Gasteiger partial charge in [0.1, 0.15) is 11.7 Å². The largest absolute Gasteiger partial charge is 0.459 e. The second kappa shape index (κ2) is 7.76. The highest BCUT2D eigenvalue weighted by atomic mass is 16.7. The predicted molar refractivity (Wildman–Crippen MR) is 130 cm³/mol. The average molecular weight is 485 g/mol. The lowest BCUT2D eigenvalue weighted by Gasteiger charge is -2.43. The van der Waals surface area contributed by atoms with Crippen molar-refractivity contribution in [3.8, 4) is 6.07 Å². The van der Waals surface area contributed by atoms with Gasteiger partial charge in [-0.05, 0) is 67.7 Å². The van der Waals surface area contributed by atoms with Crippen LogP contribution in [-0.4, -0.2) is 34.2 Å². The fourth-order valence-corrected chi connectivity index (χ4v) is 6.86. The molecule has 36 heavy (non-hydrogen) atoms. The number of rotatable bonds is 2. The van der Waals surface area contributed by atoms with Gasteiger partial charge in [0, 0.05) is 12.3 Å². The van der Waals surface area contributed by atoms with Gasteiger partial charge in [0.15, 0.2) is 5.78 Å². The van der Waals surface area contributed by atoms with Gasteiger partial charge < -0.3 is 9.84 Å². The molecular formula is C29H28N2O5. The number of esters is 1. The van der Waals surface area contributed by atoms with Gasteiger partial charge in [-0.15, -0.1) is 0 Å². The number of carbonyl (C=O) groups is 2. The number of anilines is 1. The van der Waals surface area contributed by atoms with Gasteiger partial charge in [-0.1, -0.05) is 37.3 Å². The van der Waals surface area contributed by atoms with Crippen LogP contribution in [0.1, 0.15) is 50.3 Å². The Morgan fingerprint density at radius 2 is 1.81 bits per heavy atom. The van der Waals surface area contributed by atoms with E-state index in [0.717, 1.165) is 11.3 Å². The average Bonchev–Trinajstić information content (AvgIpc) is 3.49. The van der Waals surface area contributed by atoms with Crippen molar-refractivity contribution in [3.63, 3.8) is 0 Å². The van der Waals surface area contributed by atoms with Gasteiger partial charge >= 0.3 is 5.97 Å². The lowest BCUT2D eigenvalue weighted by molar-refractivity contribution is -0.169. The summed E-state index contributed by atoms with van der Waals surface area (Å²) in [6.45, 7) is 3.67. The Kier molecular flexibility index (Phi) is 4.95. The third kappa shape index (κ3) is 2.86. The number of hydroxylamine groups is 1. The Hall–Kier alpha value is -3.47. The first kappa shape index (κ1) is 23.0. The Balaban J connectivity index is 1.45. The van der Waals surface area contributed by atoms with Gasteiger partial charge in [0.2, 0.25) is 5.60 Å².